The van der Waals surface area contributed by atoms with E-state index >= 15 is 0 Å². The van der Waals surface area contributed by atoms with Crippen LogP contribution in [0.1, 0.15) is 76.8 Å². The number of aryl methyl sites for hydroxylation is 4. The van der Waals surface area contributed by atoms with Crippen molar-refractivity contribution in [1.29, 1.82) is 0 Å². The lowest BCUT2D eigenvalue weighted by Gasteiger charge is -2.26. The number of benzene rings is 1. The molecule has 4 heterocycles. The zero-order valence-electron chi connectivity index (χ0n) is 32.8. The number of ether oxygens (including phenoxy) is 3. The van der Waals surface area contributed by atoms with Gasteiger partial charge in [-0.3, -0.25) is 51.9 Å². The van der Waals surface area contributed by atoms with E-state index in [0.29, 0.717) is 12.0 Å². The minimum atomic E-state index is -4.56. The van der Waals surface area contributed by atoms with E-state index < -0.39 is 92.2 Å². The van der Waals surface area contributed by atoms with E-state index in [9.17, 15) is 33.3 Å². The van der Waals surface area contributed by atoms with Gasteiger partial charge in [0.15, 0.2) is 0 Å². The van der Waals surface area contributed by atoms with Gasteiger partial charge in [0.05, 0.1) is 18.8 Å². The molecule has 1 aromatic carbocycles. The van der Waals surface area contributed by atoms with Crippen molar-refractivity contribution in [2.45, 2.75) is 97.7 Å². The monoisotopic (exact) mass is 814 g/mol. The van der Waals surface area contributed by atoms with E-state index in [1.807, 2.05) is 20.8 Å². The molecule has 0 spiro atoms. The molecule has 7 atom stereocenters. The van der Waals surface area contributed by atoms with Crippen LogP contribution in [0.3, 0.4) is 0 Å². The van der Waals surface area contributed by atoms with Gasteiger partial charge in [-0.25, -0.2) is 20.7 Å². The maximum absolute atomic E-state index is 14.3. The molecule has 20 heteroatoms. The van der Waals surface area contributed by atoms with Crippen LogP contribution in [0.2, 0.25) is 0 Å². The molecule has 0 bridgehead atoms. The van der Waals surface area contributed by atoms with Crippen molar-refractivity contribution in [2.75, 3.05) is 33.4 Å². The maximum Gasteiger partial charge on any atom is 0.475 e. The van der Waals surface area contributed by atoms with Crippen LogP contribution in [0.15, 0.2) is 43.7 Å². The Morgan fingerprint density at radius 3 is 1.96 bits per heavy atom. The van der Waals surface area contributed by atoms with Crippen LogP contribution in [0.25, 0.3) is 4.85 Å². The number of H-pyrrole nitrogens is 2. The summed E-state index contributed by atoms with van der Waals surface area (Å²) in [6, 6.07) is 3.48. The fourth-order valence-corrected chi connectivity index (χ4v) is 7.95. The largest absolute Gasteiger partial charge is 0.475 e. The van der Waals surface area contributed by atoms with Crippen molar-refractivity contribution in [3.8, 4) is 0 Å². The van der Waals surface area contributed by atoms with Gasteiger partial charge in [-0.2, -0.15) is 0 Å². The molecule has 2 N–H and O–H groups in total. The zero-order chi connectivity index (χ0) is 41.8. The molecule has 2 saturated heterocycles. The Bertz CT molecular complexity index is 2300. The Balaban J connectivity index is 1.35. The fraction of sp³-hybridized carbons (Fsp3) is 0.541. The molecular formula is C37H47N6O13P. The van der Waals surface area contributed by atoms with Gasteiger partial charge >= 0.3 is 25.2 Å². The molecule has 19 nitrogen and oxygen atoms in total. The number of aromatic nitrogens is 4. The van der Waals surface area contributed by atoms with E-state index in [4.69, 9.17) is 34.4 Å². The van der Waals surface area contributed by atoms with Gasteiger partial charge in [0, 0.05) is 49.0 Å². The topological polar surface area (TPSA) is 224 Å². The summed E-state index contributed by atoms with van der Waals surface area (Å²) in [6.07, 6.45) is -3.00. The number of nitrogens with one attached hydrogen (secondary N) is 2. The highest BCUT2D eigenvalue weighted by molar-refractivity contribution is 7.48. The van der Waals surface area contributed by atoms with Gasteiger partial charge in [-0.1, -0.05) is 6.92 Å². The van der Waals surface area contributed by atoms with Crippen LogP contribution in [0.5, 0.6) is 0 Å². The van der Waals surface area contributed by atoms with E-state index in [0.717, 1.165) is 21.3 Å². The molecule has 7 unspecified atom stereocenters. The predicted octanol–water partition coefficient (Wildman–Crippen LogP) is 2.74. The third-order valence-corrected chi connectivity index (χ3v) is 11.5. The molecule has 2 aliphatic rings. The molecular weight excluding hydrogens is 767 g/mol. The van der Waals surface area contributed by atoms with Gasteiger partial charge in [0.25, 0.3) is 17.0 Å². The van der Waals surface area contributed by atoms with Crippen molar-refractivity contribution in [3.05, 3.63) is 111 Å². The second-order valence-electron chi connectivity index (χ2n) is 14.1. The molecule has 1 amide bonds. The number of carbonyl (C=O) groups is 2. The summed E-state index contributed by atoms with van der Waals surface area (Å²) in [6.45, 7) is 16.2. The molecule has 0 radical (unpaired) electrons. The van der Waals surface area contributed by atoms with E-state index in [1.165, 1.54) is 42.8 Å². The molecule has 0 aliphatic carbocycles. The quantitative estimate of drug-likeness (QED) is 0.0976. The number of hydrogen-bond acceptors (Lipinski definition) is 13. The first-order chi connectivity index (χ1) is 26.9. The molecule has 2 aliphatic heterocycles. The van der Waals surface area contributed by atoms with Crippen molar-refractivity contribution < 1.29 is 41.9 Å². The number of hydrogen-bond donors (Lipinski definition) is 2. The number of phosphoric ester groups is 1. The van der Waals surface area contributed by atoms with Gasteiger partial charge < -0.3 is 24.0 Å². The van der Waals surface area contributed by atoms with Crippen LogP contribution >= 0.6 is 7.82 Å². The van der Waals surface area contributed by atoms with Gasteiger partial charge in [-0.15, -0.1) is 0 Å². The SMILES string of the molecule is [C-]#[N+]CCOP(=O)(OCC1OC(n2cc(C)c(=O)[nH]c2=O)CC1OC(=O)CN(C)C(=O)c1cc(C)c(C)c(C)c1)OC1CC(n2cc(C)c(=O)[nH]c2=O)OC1CC. The minimum absolute atomic E-state index is 0.00804. The van der Waals surface area contributed by atoms with E-state index in [-0.39, 0.29) is 37.1 Å². The molecule has 2 aromatic heterocycles. The zero-order valence-corrected chi connectivity index (χ0v) is 33.7. The highest BCUT2D eigenvalue weighted by Gasteiger charge is 2.45. The summed E-state index contributed by atoms with van der Waals surface area (Å²) in [5.74, 6) is -1.22. The number of amides is 1. The standard InChI is InChI=1S/C37H47N6O13P/c1-9-26-28(15-31(53-26)43-17-23(5)34(46)40-37(43)49)56-57(50,51-11-10-38-7)52-19-29-27(14-30(54-29)42-16-22(4)33(45)39-36(42)48)55-32(44)18-41(8)35(47)25-12-20(2)24(6)21(3)13-25/h12-13,16-17,26-31H,9-11,14-15,18-19H2,1-6,8H3,(H,39,45,48)(H,40,46,49). The number of carbonyl (C=O) groups excluding carboxylic acids is 2. The van der Waals surface area contributed by atoms with E-state index in [1.54, 1.807) is 19.1 Å². The third-order valence-electron chi connectivity index (χ3n) is 9.96. The molecule has 5 rings (SSSR count). The Labute approximate surface area is 327 Å². The first kappa shape index (κ1) is 43.2. The number of aromatic amines is 2. The third kappa shape index (κ3) is 10.1. The number of phosphoric acid groups is 1. The van der Waals surface area contributed by atoms with Crippen LogP contribution < -0.4 is 22.5 Å². The normalized spacial score (nSPS) is 22.8. The van der Waals surface area contributed by atoms with Crippen molar-refractivity contribution in [3.63, 3.8) is 0 Å². The van der Waals surface area contributed by atoms with Gasteiger partial charge in [-0.05, 0) is 69.9 Å². The van der Waals surface area contributed by atoms with Gasteiger partial charge in [0.2, 0.25) is 6.54 Å². The average molecular weight is 815 g/mol. The van der Waals surface area contributed by atoms with Crippen LogP contribution in [-0.4, -0.2) is 93.6 Å². The second-order valence-corrected chi connectivity index (χ2v) is 15.7. The summed E-state index contributed by atoms with van der Waals surface area (Å²) < 4.78 is 51.9. The summed E-state index contributed by atoms with van der Waals surface area (Å²) in [5, 5.41) is 0. The highest BCUT2D eigenvalue weighted by atomic mass is 31.2. The molecule has 2 fully saturated rings. The molecule has 57 heavy (non-hydrogen) atoms. The Hall–Kier alpha value is -4.96. The second kappa shape index (κ2) is 18.1. The number of likely N-dealkylation sites (N-methyl/N-ethyl adjacent to an activating group) is 1. The molecule has 3 aromatic rings. The van der Waals surface area contributed by atoms with Crippen molar-refractivity contribution >= 4 is 19.7 Å². The fourth-order valence-electron chi connectivity index (χ4n) is 6.57. The van der Waals surface area contributed by atoms with Crippen molar-refractivity contribution in [1.82, 2.24) is 24.0 Å². The Morgan fingerprint density at radius 2 is 1.42 bits per heavy atom. The smallest absolute Gasteiger partial charge is 0.458 e. The Kier molecular flexibility index (Phi) is 13.7. The summed E-state index contributed by atoms with van der Waals surface area (Å²) in [7, 11) is -3.11. The highest BCUT2D eigenvalue weighted by Crippen LogP contribution is 2.54. The first-order valence-corrected chi connectivity index (χ1v) is 19.8. The lowest BCUT2D eigenvalue weighted by atomic mass is 10.00. The lowest BCUT2D eigenvalue weighted by Crippen LogP contribution is -2.37. The minimum Gasteiger partial charge on any atom is -0.458 e. The predicted molar refractivity (Wildman–Crippen MR) is 203 cm³/mol. The van der Waals surface area contributed by atoms with Crippen LogP contribution in [0.4, 0.5) is 0 Å². The maximum atomic E-state index is 14.3. The average Bonchev–Trinajstić information content (AvgIpc) is 3.75. The van der Waals surface area contributed by atoms with E-state index in [2.05, 4.69) is 14.8 Å². The Morgan fingerprint density at radius 1 is 0.877 bits per heavy atom. The number of rotatable bonds is 15. The number of esters is 1. The first-order valence-electron chi connectivity index (χ1n) is 18.3. The summed E-state index contributed by atoms with van der Waals surface area (Å²) in [4.78, 5) is 85.0. The van der Waals surface area contributed by atoms with Gasteiger partial charge in [0.1, 0.15) is 37.8 Å². The number of nitrogens with zero attached hydrogens (tertiary/aromatic N) is 4. The lowest BCUT2D eigenvalue weighted by molar-refractivity contribution is -0.153. The molecule has 0 saturated carbocycles. The summed E-state index contributed by atoms with van der Waals surface area (Å²) in [5.41, 5.74) is 1.12. The van der Waals surface area contributed by atoms with Crippen molar-refractivity contribution in [2.24, 2.45) is 0 Å². The van der Waals surface area contributed by atoms with Crippen LogP contribution in [-0.2, 0) is 37.1 Å². The summed E-state index contributed by atoms with van der Waals surface area (Å²) >= 11 is 0. The molecule has 308 valence electrons. The van der Waals surface area contributed by atoms with Crippen LogP contribution in [0, 0.1) is 41.2 Å².